The smallest absolute Gasteiger partial charge is 0.306 e. The summed E-state index contributed by atoms with van der Waals surface area (Å²) >= 11 is 0. The number of carbonyl (C=O) groups is 3. The van der Waals surface area contributed by atoms with Crippen LogP contribution in [0, 0.1) is 0 Å². The molecule has 5 heteroatoms. The molecule has 148 valence electrons. The third kappa shape index (κ3) is 6.05. The fourth-order valence-corrected chi connectivity index (χ4v) is 3.04. The van der Waals surface area contributed by atoms with Gasteiger partial charge in [0.2, 0.25) is 0 Å². The predicted molar refractivity (Wildman–Crippen MR) is 106 cm³/mol. The number of hydrogen-bond donors (Lipinski definition) is 0. The highest BCUT2D eigenvalue weighted by atomic mass is 16.5. The van der Waals surface area contributed by atoms with E-state index >= 15 is 0 Å². The summed E-state index contributed by atoms with van der Waals surface area (Å²) in [5, 5.41) is 0. The predicted octanol–water partition coefficient (Wildman–Crippen LogP) is 3.91. The molecular formula is C23H26O5. The zero-order chi connectivity index (χ0) is 20.4. The quantitative estimate of drug-likeness (QED) is 0.460. The van der Waals surface area contributed by atoms with Gasteiger partial charge in [0.1, 0.15) is 0 Å². The van der Waals surface area contributed by atoms with Crippen molar-refractivity contribution in [3.8, 4) is 0 Å². The van der Waals surface area contributed by atoms with E-state index in [1.54, 1.807) is 26.0 Å². The van der Waals surface area contributed by atoms with Gasteiger partial charge in [-0.25, -0.2) is 0 Å². The maximum atomic E-state index is 13.2. The van der Waals surface area contributed by atoms with Crippen LogP contribution in [0.4, 0.5) is 0 Å². The van der Waals surface area contributed by atoms with Crippen molar-refractivity contribution in [3.05, 3.63) is 70.8 Å². The third-order valence-electron chi connectivity index (χ3n) is 4.31. The minimum absolute atomic E-state index is 0.112. The number of hydrogen-bond acceptors (Lipinski definition) is 5. The summed E-state index contributed by atoms with van der Waals surface area (Å²) < 4.78 is 10.00. The molecule has 0 fully saturated rings. The molecule has 28 heavy (non-hydrogen) atoms. The first-order valence-corrected chi connectivity index (χ1v) is 9.58. The van der Waals surface area contributed by atoms with Crippen LogP contribution < -0.4 is 0 Å². The van der Waals surface area contributed by atoms with Gasteiger partial charge in [-0.3, -0.25) is 14.4 Å². The molecule has 2 aromatic rings. The maximum absolute atomic E-state index is 13.2. The molecule has 5 nitrogen and oxygen atoms in total. The number of benzene rings is 2. The third-order valence-corrected chi connectivity index (χ3v) is 4.31. The highest BCUT2D eigenvalue weighted by Crippen LogP contribution is 2.22. The van der Waals surface area contributed by atoms with Crippen molar-refractivity contribution < 1.29 is 23.9 Å². The molecule has 0 N–H and O–H groups in total. The van der Waals surface area contributed by atoms with Crippen LogP contribution in [0.1, 0.15) is 53.7 Å². The van der Waals surface area contributed by atoms with Gasteiger partial charge >= 0.3 is 11.9 Å². The Balaban J connectivity index is 2.32. The Morgan fingerprint density at radius 1 is 0.714 bits per heavy atom. The lowest BCUT2D eigenvalue weighted by Gasteiger charge is -2.14. The normalized spacial score (nSPS) is 10.4. The average molecular weight is 382 g/mol. The van der Waals surface area contributed by atoms with Crippen LogP contribution in [0.2, 0.25) is 0 Å². The SMILES string of the molecule is CCOC(=O)CCc1cccc(CCC(=O)OCC)c1C(=O)c1ccccc1. The van der Waals surface area contributed by atoms with Crippen LogP contribution in [0.25, 0.3) is 0 Å². The second-order valence-corrected chi connectivity index (χ2v) is 6.26. The molecule has 0 atom stereocenters. The van der Waals surface area contributed by atoms with Crippen LogP contribution in [-0.4, -0.2) is 30.9 Å². The zero-order valence-electron chi connectivity index (χ0n) is 16.4. The average Bonchev–Trinajstić information content (AvgIpc) is 2.71. The first-order valence-electron chi connectivity index (χ1n) is 9.58. The summed E-state index contributed by atoms with van der Waals surface area (Å²) in [6.07, 6.45) is 1.20. The summed E-state index contributed by atoms with van der Waals surface area (Å²) in [4.78, 5) is 36.7. The van der Waals surface area contributed by atoms with Gasteiger partial charge in [-0.15, -0.1) is 0 Å². The molecule has 0 saturated carbocycles. The van der Waals surface area contributed by atoms with E-state index in [0.29, 0.717) is 37.2 Å². The fraction of sp³-hybridized carbons (Fsp3) is 0.348. The van der Waals surface area contributed by atoms with Crippen molar-refractivity contribution in [1.82, 2.24) is 0 Å². The number of aryl methyl sites for hydroxylation is 2. The molecule has 0 aliphatic rings. The molecule has 0 bridgehead atoms. The number of ether oxygens (including phenoxy) is 2. The molecule has 0 aliphatic heterocycles. The van der Waals surface area contributed by atoms with Gasteiger partial charge in [0.15, 0.2) is 5.78 Å². The second kappa shape index (κ2) is 11.0. The Morgan fingerprint density at radius 2 is 1.21 bits per heavy atom. The second-order valence-electron chi connectivity index (χ2n) is 6.26. The van der Waals surface area contributed by atoms with Gasteiger partial charge in [-0.05, 0) is 37.8 Å². The van der Waals surface area contributed by atoms with Crippen molar-refractivity contribution >= 4 is 17.7 Å². The van der Waals surface area contributed by atoms with E-state index in [1.165, 1.54) is 0 Å². The van der Waals surface area contributed by atoms with Crippen molar-refractivity contribution in [1.29, 1.82) is 0 Å². The van der Waals surface area contributed by atoms with Crippen molar-refractivity contribution in [2.75, 3.05) is 13.2 Å². The van der Waals surface area contributed by atoms with Gasteiger partial charge in [0.25, 0.3) is 0 Å². The van der Waals surface area contributed by atoms with E-state index in [2.05, 4.69) is 0 Å². The molecule has 0 aromatic heterocycles. The number of ketones is 1. The Kier molecular flexibility index (Phi) is 8.40. The lowest BCUT2D eigenvalue weighted by atomic mass is 9.89. The van der Waals surface area contributed by atoms with Gasteiger partial charge in [0.05, 0.1) is 13.2 Å². The zero-order valence-corrected chi connectivity index (χ0v) is 16.4. The monoisotopic (exact) mass is 382 g/mol. The van der Waals surface area contributed by atoms with Crippen molar-refractivity contribution in [2.45, 2.75) is 39.5 Å². The van der Waals surface area contributed by atoms with E-state index in [-0.39, 0.29) is 30.6 Å². The standard InChI is InChI=1S/C23H26O5/c1-3-27-20(24)15-13-17-11-8-12-18(14-16-21(25)28-4-2)22(17)23(26)19-9-6-5-7-10-19/h5-12H,3-4,13-16H2,1-2H3. The van der Waals surface area contributed by atoms with Gasteiger partial charge in [-0.2, -0.15) is 0 Å². The van der Waals surface area contributed by atoms with Crippen LogP contribution in [0.3, 0.4) is 0 Å². The van der Waals surface area contributed by atoms with E-state index in [1.807, 2.05) is 36.4 Å². The fourth-order valence-electron chi connectivity index (χ4n) is 3.04. The number of carbonyl (C=O) groups excluding carboxylic acids is 3. The maximum Gasteiger partial charge on any atom is 0.306 e. The molecular weight excluding hydrogens is 356 g/mol. The van der Waals surface area contributed by atoms with Crippen LogP contribution in [0.5, 0.6) is 0 Å². The summed E-state index contributed by atoms with van der Waals surface area (Å²) in [6, 6.07) is 14.6. The Morgan fingerprint density at radius 3 is 1.68 bits per heavy atom. The molecule has 0 amide bonds. The van der Waals surface area contributed by atoms with E-state index in [4.69, 9.17) is 9.47 Å². The van der Waals surface area contributed by atoms with Crippen molar-refractivity contribution in [3.63, 3.8) is 0 Å². The highest BCUT2D eigenvalue weighted by Gasteiger charge is 2.19. The summed E-state index contributed by atoms with van der Waals surface area (Å²) in [5.41, 5.74) is 2.69. The topological polar surface area (TPSA) is 69.7 Å². The first-order chi connectivity index (χ1) is 13.6. The lowest BCUT2D eigenvalue weighted by Crippen LogP contribution is -2.13. The molecule has 0 saturated heterocycles. The molecule has 0 unspecified atom stereocenters. The summed E-state index contributed by atoms with van der Waals surface area (Å²) in [7, 11) is 0. The lowest BCUT2D eigenvalue weighted by molar-refractivity contribution is -0.143. The number of esters is 2. The largest absolute Gasteiger partial charge is 0.466 e. The van der Waals surface area contributed by atoms with E-state index in [0.717, 1.165) is 11.1 Å². The Labute approximate surface area is 165 Å². The summed E-state index contributed by atoms with van der Waals surface area (Å²) in [5.74, 6) is -0.700. The Hall–Kier alpha value is -2.95. The van der Waals surface area contributed by atoms with Crippen molar-refractivity contribution in [2.24, 2.45) is 0 Å². The van der Waals surface area contributed by atoms with Gasteiger partial charge in [-0.1, -0.05) is 48.5 Å². The minimum Gasteiger partial charge on any atom is -0.466 e. The number of rotatable bonds is 10. The van der Waals surface area contributed by atoms with E-state index in [9.17, 15) is 14.4 Å². The molecule has 0 aliphatic carbocycles. The molecule has 0 heterocycles. The van der Waals surface area contributed by atoms with Crippen LogP contribution in [-0.2, 0) is 31.9 Å². The molecule has 0 spiro atoms. The van der Waals surface area contributed by atoms with Crippen LogP contribution in [0.15, 0.2) is 48.5 Å². The summed E-state index contributed by atoms with van der Waals surface area (Å²) in [6.45, 7) is 4.18. The van der Waals surface area contributed by atoms with Gasteiger partial charge in [0, 0.05) is 24.0 Å². The highest BCUT2D eigenvalue weighted by molar-refractivity contribution is 6.11. The molecule has 2 aromatic carbocycles. The molecule has 0 radical (unpaired) electrons. The van der Waals surface area contributed by atoms with Crippen LogP contribution >= 0.6 is 0 Å². The molecule has 2 rings (SSSR count). The van der Waals surface area contributed by atoms with Gasteiger partial charge < -0.3 is 9.47 Å². The Bertz CT molecular complexity index is 771. The van der Waals surface area contributed by atoms with E-state index < -0.39 is 0 Å². The first kappa shape index (κ1) is 21.4. The minimum atomic E-state index is -0.294.